The summed E-state index contributed by atoms with van der Waals surface area (Å²) in [6.45, 7) is 4.39. The van der Waals surface area contributed by atoms with Crippen LogP contribution in [0.4, 0.5) is 5.69 Å². The second-order valence-electron chi connectivity index (χ2n) is 7.91. The number of nitro benzene ring substituents is 1. The molecule has 2 aromatic heterocycles. The van der Waals surface area contributed by atoms with E-state index in [1.165, 1.54) is 6.07 Å². The fraction of sp³-hybridized carbons (Fsp3) is 0.167. The molecule has 0 N–H and O–H groups in total. The van der Waals surface area contributed by atoms with Crippen molar-refractivity contribution in [2.75, 3.05) is 0 Å². The van der Waals surface area contributed by atoms with Crippen molar-refractivity contribution >= 4 is 11.6 Å². The highest BCUT2D eigenvalue weighted by Crippen LogP contribution is 2.33. The number of aryl methyl sites for hydroxylation is 1. The Morgan fingerprint density at radius 2 is 1.75 bits per heavy atom. The lowest BCUT2D eigenvalue weighted by Crippen LogP contribution is -2.27. The zero-order chi connectivity index (χ0) is 22.4. The molecule has 0 fully saturated rings. The van der Waals surface area contributed by atoms with E-state index < -0.39 is 4.92 Å². The smallest absolute Gasteiger partial charge is 0.273 e. The summed E-state index contributed by atoms with van der Waals surface area (Å²) >= 11 is 0. The Balaban J connectivity index is 1.55. The van der Waals surface area contributed by atoms with E-state index in [4.69, 9.17) is 5.10 Å². The summed E-state index contributed by atoms with van der Waals surface area (Å²) in [5, 5.41) is 16.2. The van der Waals surface area contributed by atoms with Gasteiger partial charge in [-0.25, -0.2) is 4.68 Å². The van der Waals surface area contributed by atoms with Gasteiger partial charge in [0, 0.05) is 35.2 Å². The highest BCUT2D eigenvalue weighted by atomic mass is 16.6. The maximum Gasteiger partial charge on any atom is 0.273 e. The van der Waals surface area contributed by atoms with Gasteiger partial charge in [0.15, 0.2) is 0 Å². The average molecular weight is 427 g/mol. The van der Waals surface area contributed by atoms with E-state index in [1.807, 2.05) is 65.0 Å². The van der Waals surface area contributed by atoms with Crippen LogP contribution in [-0.4, -0.2) is 30.1 Å². The number of rotatable bonds is 4. The summed E-state index contributed by atoms with van der Waals surface area (Å²) in [5.41, 5.74) is 4.56. The first-order valence-corrected chi connectivity index (χ1v) is 10.3. The first kappa shape index (κ1) is 19.7. The highest BCUT2D eigenvalue weighted by Gasteiger charge is 2.33. The molecule has 3 heterocycles. The Kier molecular flexibility index (Phi) is 4.62. The molecular weight excluding hydrogens is 406 g/mol. The van der Waals surface area contributed by atoms with Gasteiger partial charge in [0.25, 0.3) is 11.6 Å². The molecule has 4 aromatic rings. The molecule has 0 spiro atoms. The number of benzene rings is 2. The molecule has 0 saturated carbocycles. The van der Waals surface area contributed by atoms with Gasteiger partial charge in [0.05, 0.1) is 29.4 Å². The third kappa shape index (κ3) is 3.08. The van der Waals surface area contributed by atoms with E-state index in [0.29, 0.717) is 24.2 Å². The lowest BCUT2D eigenvalue weighted by molar-refractivity contribution is -0.385. The number of carbonyl (C=O) groups excluding carboxylic acids is 1. The van der Waals surface area contributed by atoms with Crippen LogP contribution in [0.1, 0.15) is 32.7 Å². The van der Waals surface area contributed by atoms with Crippen LogP contribution in [0.2, 0.25) is 0 Å². The summed E-state index contributed by atoms with van der Waals surface area (Å²) in [6.07, 6.45) is 3.92. The van der Waals surface area contributed by atoms with E-state index in [-0.39, 0.29) is 11.6 Å². The van der Waals surface area contributed by atoms with Crippen molar-refractivity contribution in [1.29, 1.82) is 0 Å². The molecule has 0 saturated heterocycles. The highest BCUT2D eigenvalue weighted by molar-refractivity contribution is 5.97. The van der Waals surface area contributed by atoms with E-state index in [1.54, 1.807) is 24.0 Å². The molecule has 8 heteroatoms. The van der Waals surface area contributed by atoms with Gasteiger partial charge in [-0.2, -0.15) is 5.10 Å². The van der Waals surface area contributed by atoms with Crippen molar-refractivity contribution in [3.05, 3.63) is 105 Å². The number of aromatic nitrogens is 3. The summed E-state index contributed by atoms with van der Waals surface area (Å²) < 4.78 is 3.94. The topological polar surface area (TPSA) is 86.2 Å². The Morgan fingerprint density at radius 3 is 2.47 bits per heavy atom. The molecule has 0 atom stereocenters. The normalized spacial score (nSPS) is 12.8. The Labute approximate surface area is 184 Å². The predicted molar refractivity (Wildman–Crippen MR) is 119 cm³/mol. The largest absolute Gasteiger partial charge is 0.328 e. The minimum absolute atomic E-state index is 0.0504. The molecule has 0 radical (unpaired) electrons. The molecule has 0 unspecified atom stereocenters. The number of amides is 1. The van der Waals surface area contributed by atoms with Crippen molar-refractivity contribution in [3.8, 4) is 11.5 Å². The molecular formula is C24H21N5O3. The van der Waals surface area contributed by atoms with Gasteiger partial charge in [-0.05, 0) is 43.7 Å². The predicted octanol–water partition coefficient (Wildman–Crippen LogP) is 4.34. The number of fused-ring (bicyclic) bond motifs is 1. The molecule has 1 aliphatic heterocycles. The molecule has 0 bridgehead atoms. The zero-order valence-corrected chi connectivity index (χ0v) is 17.7. The minimum Gasteiger partial charge on any atom is -0.328 e. The van der Waals surface area contributed by atoms with Gasteiger partial charge in [-0.1, -0.05) is 24.3 Å². The van der Waals surface area contributed by atoms with Gasteiger partial charge in [0.2, 0.25) is 0 Å². The van der Waals surface area contributed by atoms with Crippen molar-refractivity contribution < 1.29 is 9.72 Å². The van der Waals surface area contributed by atoms with Crippen LogP contribution in [0.3, 0.4) is 0 Å². The third-order valence-electron chi connectivity index (χ3n) is 5.94. The van der Waals surface area contributed by atoms with E-state index >= 15 is 0 Å². The number of hydrogen-bond donors (Lipinski definition) is 0. The van der Waals surface area contributed by atoms with Gasteiger partial charge in [-0.15, -0.1) is 0 Å². The fourth-order valence-electron chi connectivity index (χ4n) is 4.28. The first-order chi connectivity index (χ1) is 15.5. The van der Waals surface area contributed by atoms with Gasteiger partial charge in [0.1, 0.15) is 5.82 Å². The van der Waals surface area contributed by atoms with Gasteiger partial charge >= 0.3 is 0 Å². The minimum atomic E-state index is -0.457. The van der Waals surface area contributed by atoms with Crippen molar-refractivity contribution in [2.45, 2.75) is 26.9 Å². The van der Waals surface area contributed by atoms with Gasteiger partial charge in [-0.3, -0.25) is 14.9 Å². The monoisotopic (exact) mass is 427 g/mol. The standard InChI is InChI=1S/C24H21N5O3/c1-16-8-3-4-10-21(16)28-23(26-12-5-6-13-26)19-14-27(15-20(19)25-28)24(30)18-9-7-11-22(17(18)2)29(31)32/h3-13H,14-15H2,1-2H3. The quantitative estimate of drug-likeness (QED) is 0.358. The maximum atomic E-state index is 13.3. The molecule has 2 aromatic carbocycles. The number of nitro groups is 1. The Hall–Kier alpha value is -4.20. The number of carbonyl (C=O) groups is 1. The summed E-state index contributed by atoms with van der Waals surface area (Å²) in [5.74, 6) is 0.662. The van der Waals surface area contributed by atoms with Crippen molar-refractivity contribution in [3.63, 3.8) is 0 Å². The number of hydrogen-bond acceptors (Lipinski definition) is 4. The van der Waals surface area contributed by atoms with Crippen molar-refractivity contribution in [2.24, 2.45) is 0 Å². The Bertz CT molecular complexity index is 1350. The van der Waals surface area contributed by atoms with Gasteiger partial charge < -0.3 is 9.47 Å². The van der Waals surface area contributed by atoms with Crippen LogP contribution in [-0.2, 0) is 13.1 Å². The van der Waals surface area contributed by atoms with Crippen LogP contribution in [0, 0.1) is 24.0 Å². The fourth-order valence-corrected chi connectivity index (χ4v) is 4.28. The summed E-state index contributed by atoms with van der Waals surface area (Å²) in [6, 6.07) is 16.6. The maximum absolute atomic E-state index is 13.3. The van der Waals surface area contributed by atoms with E-state index in [9.17, 15) is 14.9 Å². The van der Waals surface area contributed by atoms with Crippen LogP contribution < -0.4 is 0 Å². The van der Waals surface area contributed by atoms with Crippen LogP contribution in [0.15, 0.2) is 67.0 Å². The zero-order valence-electron chi connectivity index (χ0n) is 17.7. The summed E-state index contributed by atoms with van der Waals surface area (Å²) in [7, 11) is 0. The third-order valence-corrected chi connectivity index (χ3v) is 5.94. The molecule has 5 rings (SSSR count). The van der Waals surface area contributed by atoms with Crippen LogP contribution in [0.25, 0.3) is 11.5 Å². The molecule has 0 aliphatic carbocycles. The van der Waals surface area contributed by atoms with Crippen LogP contribution in [0.5, 0.6) is 0 Å². The second kappa shape index (κ2) is 7.49. The number of nitrogens with zero attached hydrogens (tertiary/aromatic N) is 5. The van der Waals surface area contributed by atoms with E-state index in [0.717, 1.165) is 28.3 Å². The molecule has 8 nitrogen and oxygen atoms in total. The molecule has 1 aliphatic rings. The Morgan fingerprint density at radius 1 is 1.00 bits per heavy atom. The first-order valence-electron chi connectivity index (χ1n) is 10.3. The molecule has 32 heavy (non-hydrogen) atoms. The number of para-hydroxylation sites is 1. The van der Waals surface area contributed by atoms with Crippen LogP contribution >= 0.6 is 0 Å². The summed E-state index contributed by atoms with van der Waals surface area (Å²) in [4.78, 5) is 25.8. The van der Waals surface area contributed by atoms with Crippen molar-refractivity contribution in [1.82, 2.24) is 19.2 Å². The lowest BCUT2D eigenvalue weighted by Gasteiger charge is -2.19. The molecule has 160 valence electrons. The lowest BCUT2D eigenvalue weighted by atomic mass is 10.1. The van der Waals surface area contributed by atoms with E-state index in [2.05, 4.69) is 0 Å². The SMILES string of the molecule is Cc1ccccc1-n1nc2c(c1-n1cccc1)CN(C(=O)c1cccc([N+](=O)[O-])c1C)C2. The second-order valence-corrected chi connectivity index (χ2v) is 7.91. The molecule has 1 amide bonds. The average Bonchev–Trinajstić information content (AvgIpc) is 3.49.